The van der Waals surface area contributed by atoms with Crippen LogP contribution in [0.25, 0.3) is 0 Å². The number of amides is 1. The van der Waals surface area contributed by atoms with Gasteiger partial charge in [0.2, 0.25) is 0 Å². The molecule has 4 rings (SSSR count). The maximum Gasteiger partial charge on any atom is 0.261 e. The number of hydrogen-bond donors (Lipinski definition) is 2. The quantitative estimate of drug-likeness (QED) is 0.501. The van der Waals surface area contributed by atoms with E-state index in [4.69, 9.17) is 0 Å². The molecule has 1 fully saturated rings. The number of carbonyl (C=O) groups excluding carboxylic acids is 1. The predicted octanol–water partition coefficient (Wildman–Crippen LogP) is 4.64. The highest BCUT2D eigenvalue weighted by molar-refractivity contribution is 7.92. The smallest absolute Gasteiger partial charge is 0.261 e. The van der Waals surface area contributed by atoms with Crippen LogP contribution in [0.2, 0.25) is 0 Å². The maximum absolute atomic E-state index is 13.5. The summed E-state index contributed by atoms with van der Waals surface area (Å²) in [5.74, 6) is -0.637. The van der Waals surface area contributed by atoms with Crippen LogP contribution >= 0.6 is 0 Å². The molecule has 1 aliphatic rings. The number of halogens is 1. The number of anilines is 1. The van der Waals surface area contributed by atoms with E-state index < -0.39 is 15.8 Å². The van der Waals surface area contributed by atoms with Crippen molar-refractivity contribution in [3.63, 3.8) is 0 Å². The van der Waals surface area contributed by atoms with Crippen LogP contribution in [0.15, 0.2) is 71.6 Å². The van der Waals surface area contributed by atoms with Gasteiger partial charge in [0.05, 0.1) is 4.90 Å². The number of piperidine rings is 1. The van der Waals surface area contributed by atoms with Gasteiger partial charge in [-0.15, -0.1) is 0 Å². The van der Waals surface area contributed by atoms with Gasteiger partial charge in [-0.3, -0.25) is 14.4 Å². The molecule has 1 amide bonds. The summed E-state index contributed by atoms with van der Waals surface area (Å²) in [7, 11) is -3.86. The topological polar surface area (TPSA) is 78.5 Å². The number of nitrogens with one attached hydrogen (secondary N) is 2. The molecule has 0 radical (unpaired) electrons. The molecule has 3 aromatic rings. The molecule has 0 spiro atoms. The van der Waals surface area contributed by atoms with E-state index in [0.717, 1.165) is 38.5 Å². The minimum atomic E-state index is -3.86. The molecule has 184 valence electrons. The highest BCUT2D eigenvalue weighted by Crippen LogP contribution is 2.20. The van der Waals surface area contributed by atoms with Crippen LogP contribution in [0.4, 0.5) is 10.1 Å². The standard InChI is InChI=1S/C27H30FN3O3S/c1-19-4-3-5-21(16-19)18-31-14-12-23(13-15-31)29-27(32)22-6-8-24(9-7-22)30-35(33,34)25-10-11-26(28)20(2)17-25/h3-11,16-17,23,30H,12-15,18H2,1-2H3,(H,29,32). The zero-order valence-electron chi connectivity index (χ0n) is 19.9. The lowest BCUT2D eigenvalue weighted by molar-refractivity contribution is 0.0909. The van der Waals surface area contributed by atoms with E-state index in [2.05, 4.69) is 46.1 Å². The van der Waals surface area contributed by atoms with Crippen molar-refractivity contribution in [1.82, 2.24) is 10.2 Å². The first-order valence-electron chi connectivity index (χ1n) is 11.7. The molecular weight excluding hydrogens is 465 g/mol. The molecule has 1 heterocycles. The Labute approximate surface area is 206 Å². The summed E-state index contributed by atoms with van der Waals surface area (Å²) in [4.78, 5) is 15.1. The Morgan fingerprint density at radius 1 is 1.00 bits per heavy atom. The van der Waals surface area contributed by atoms with E-state index in [-0.39, 0.29) is 22.4 Å². The average molecular weight is 496 g/mol. The van der Waals surface area contributed by atoms with Crippen molar-refractivity contribution in [2.45, 2.75) is 44.2 Å². The molecule has 0 saturated carbocycles. The van der Waals surface area contributed by atoms with Crippen molar-refractivity contribution in [2.75, 3.05) is 17.8 Å². The lowest BCUT2D eigenvalue weighted by atomic mass is 10.0. The minimum Gasteiger partial charge on any atom is -0.349 e. The van der Waals surface area contributed by atoms with E-state index in [9.17, 15) is 17.6 Å². The fourth-order valence-corrected chi connectivity index (χ4v) is 5.40. The third kappa shape index (κ3) is 6.46. The normalized spacial score (nSPS) is 15.1. The zero-order chi connectivity index (χ0) is 25.0. The van der Waals surface area contributed by atoms with Crippen LogP contribution in [0.3, 0.4) is 0 Å². The summed E-state index contributed by atoms with van der Waals surface area (Å²) < 4.78 is 41.1. The molecule has 8 heteroatoms. The highest BCUT2D eigenvalue weighted by Gasteiger charge is 2.21. The van der Waals surface area contributed by atoms with Crippen LogP contribution in [-0.4, -0.2) is 38.4 Å². The van der Waals surface area contributed by atoms with Crippen LogP contribution in [-0.2, 0) is 16.6 Å². The van der Waals surface area contributed by atoms with Gasteiger partial charge in [0, 0.05) is 36.9 Å². The van der Waals surface area contributed by atoms with Gasteiger partial charge in [0.25, 0.3) is 15.9 Å². The van der Waals surface area contributed by atoms with E-state index in [1.165, 1.54) is 30.2 Å². The number of rotatable bonds is 7. The van der Waals surface area contributed by atoms with Crippen LogP contribution in [0, 0.1) is 19.7 Å². The van der Waals surface area contributed by atoms with E-state index in [1.807, 2.05) is 0 Å². The Kier molecular flexibility index (Phi) is 7.52. The molecule has 0 aliphatic carbocycles. The van der Waals surface area contributed by atoms with Crippen LogP contribution in [0.5, 0.6) is 0 Å². The first-order chi connectivity index (χ1) is 16.7. The summed E-state index contributed by atoms with van der Waals surface area (Å²) in [6.07, 6.45) is 1.76. The monoisotopic (exact) mass is 495 g/mol. The molecule has 1 aliphatic heterocycles. The first-order valence-corrected chi connectivity index (χ1v) is 13.2. The van der Waals surface area contributed by atoms with E-state index in [1.54, 1.807) is 24.3 Å². The summed E-state index contributed by atoms with van der Waals surface area (Å²) in [5, 5.41) is 3.09. The van der Waals surface area contributed by atoms with Gasteiger partial charge in [-0.2, -0.15) is 0 Å². The van der Waals surface area contributed by atoms with Crippen molar-refractivity contribution < 1.29 is 17.6 Å². The molecule has 0 aromatic heterocycles. The number of sulfonamides is 1. The minimum absolute atomic E-state index is 0.0213. The number of carbonyl (C=O) groups is 1. The van der Waals surface area contributed by atoms with Gasteiger partial charge in [-0.25, -0.2) is 12.8 Å². The summed E-state index contributed by atoms with van der Waals surface area (Å²) in [6, 6.07) is 18.6. The van der Waals surface area contributed by atoms with Crippen molar-refractivity contribution >= 4 is 21.6 Å². The number of likely N-dealkylation sites (tertiary alicyclic amines) is 1. The second kappa shape index (κ2) is 10.6. The summed E-state index contributed by atoms with van der Waals surface area (Å²) in [5.41, 5.74) is 3.61. The molecule has 2 N–H and O–H groups in total. The van der Waals surface area contributed by atoms with Crippen molar-refractivity contribution in [3.05, 3.63) is 94.8 Å². The molecule has 35 heavy (non-hydrogen) atoms. The number of benzene rings is 3. The summed E-state index contributed by atoms with van der Waals surface area (Å²) in [6.45, 7) is 6.36. The molecule has 3 aromatic carbocycles. The molecule has 6 nitrogen and oxygen atoms in total. The Morgan fingerprint density at radius 3 is 2.37 bits per heavy atom. The van der Waals surface area contributed by atoms with Crippen LogP contribution in [0.1, 0.15) is 39.9 Å². The third-order valence-electron chi connectivity index (χ3n) is 6.25. The van der Waals surface area contributed by atoms with E-state index >= 15 is 0 Å². The molecule has 1 saturated heterocycles. The van der Waals surface area contributed by atoms with Gasteiger partial charge in [-0.1, -0.05) is 29.8 Å². The fourth-order valence-electron chi connectivity index (χ4n) is 4.26. The van der Waals surface area contributed by atoms with Crippen molar-refractivity contribution in [3.8, 4) is 0 Å². The predicted molar refractivity (Wildman–Crippen MR) is 135 cm³/mol. The maximum atomic E-state index is 13.5. The SMILES string of the molecule is Cc1cccc(CN2CCC(NC(=O)c3ccc(NS(=O)(=O)c4ccc(F)c(C)c4)cc3)CC2)c1. The summed E-state index contributed by atoms with van der Waals surface area (Å²) >= 11 is 0. The number of hydrogen-bond acceptors (Lipinski definition) is 4. The fraction of sp³-hybridized carbons (Fsp3) is 0.296. The number of nitrogens with zero attached hydrogens (tertiary/aromatic N) is 1. The van der Waals surface area contributed by atoms with Crippen molar-refractivity contribution in [1.29, 1.82) is 0 Å². The van der Waals surface area contributed by atoms with Gasteiger partial charge >= 0.3 is 0 Å². The lowest BCUT2D eigenvalue weighted by Crippen LogP contribution is -2.44. The Balaban J connectivity index is 1.29. The second-order valence-electron chi connectivity index (χ2n) is 9.11. The molecule has 0 atom stereocenters. The average Bonchev–Trinajstić information content (AvgIpc) is 2.82. The van der Waals surface area contributed by atoms with Gasteiger partial charge < -0.3 is 5.32 Å². The van der Waals surface area contributed by atoms with Crippen LogP contribution < -0.4 is 10.0 Å². The molecule has 0 unspecified atom stereocenters. The second-order valence-corrected chi connectivity index (χ2v) is 10.8. The van der Waals surface area contributed by atoms with Crippen molar-refractivity contribution in [2.24, 2.45) is 0 Å². The number of aryl methyl sites for hydroxylation is 2. The molecular formula is C27H30FN3O3S. The molecule has 0 bridgehead atoms. The Bertz CT molecular complexity index is 1300. The van der Waals surface area contributed by atoms with Gasteiger partial charge in [0.15, 0.2) is 0 Å². The first kappa shape index (κ1) is 24.9. The Hall–Kier alpha value is -3.23. The lowest BCUT2D eigenvalue weighted by Gasteiger charge is -2.32. The third-order valence-corrected chi connectivity index (χ3v) is 7.63. The Morgan fingerprint density at radius 2 is 1.71 bits per heavy atom. The highest BCUT2D eigenvalue weighted by atomic mass is 32.2. The van der Waals surface area contributed by atoms with Gasteiger partial charge in [-0.05, 0) is 80.3 Å². The van der Waals surface area contributed by atoms with Gasteiger partial charge in [0.1, 0.15) is 5.82 Å². The van der Waals surface area contributed by atoms with E-state index in [0.29, 0.717) is 11.3 Å². The largest absolute Gasteiger partial charge is 0.349 e. The zero-order valence-corrected chi connectivity index (χ0v) is 20.7.